The molecule has 0 aliphatic carbocycles. The molecule has 2 aromatic rings. The molecule has 0 saturated heterocycles. The monoisotopic (exact) mass is 333 g/mol. The number of aromatic nitrogens is 2. The summed E-state index contributed by atoms with van der Waals surface area (Å²) in [5.74, 6) is -1.66. The highest BCUT2D eigenvalue weighted by Gasteiger charge is 2.20. The summed E-state index contributed by atoms with van der Waals surface area (Å²) in [5.41, 5.74) is 2.27. The average molecular weight is 333 g/mol. The molecule has 7 heteroatoms. The lowest BCUT2D eigenvalue weighted by Gasteiger charge is -2.11. The number of hydrogen-bond donors (Lipinski definition) is 1. The zero-order chi connectivity index (χ0) is 18.0. The minimum atomic E-state index is -0.671. The standard InChI is InChI=1S/C17H20FN3O3/c1-6-21-11(4)15(10(3)20-21)16(22)19-14-8-12(17(23)24-5)7-13(18)9(14)2/h7-8H,6H2,1-5H3,(H,19,22). The highest BCUT2D eigenvalue weighted by molar-refractivity contribution is 6.06. The van der Waals surface area contributed by atoms with Crippen molar-refractivity contribution in [1.29, 1.82) is 0 Å². The number of methoxy groups -OCH3 is 1. The Morgan fingerprint density at radius 3 is 2.50 bits per heavy atom. The number of nitrogens with one attached hydrogen (secondary N) is 1. The molecule has 0 aliphatic rings. The van der Waals surface area contributed by atoms with E-state index in [1.54, 1.807) is 18.5 Å². The van der Waals surface area contributed by atoms with Crippen molar-refractivity contribution in [3.63, 3.8) is 0 Å². The number of nitrogens with zero attached hydrogens (tertiary/aromatic N) is 2. The Morgan fingerprint density at radius 1 is 1.29 bits per heavy atom. The lowest BCUT2D eigenvalue weighted by Crippen LogP contribution is -2.16. The van der Waals surface area contributed by atoms with Crippen LogP contribution in [0.1, 0.15) is 44.6 Å². The second-order valence-electron chi connectivity index (χ2n) is 5.44. The van der Waals surface area contributed by atoms with Crippen LogP contribution in [-0.2, 0) is 11.3 Å². The topological polar surface area (TPSA) is 73.2 Å². The van der Waals surface area contributed by atoms with Gasteiger partial charge in [-0.15, -0.1) is 0 Å². The molecule has 0 fully saturated rings. The van der Waals surface area contributed by atoms with Crippen LogP contribution in [0.15, 0.2) is 12.1 Å². The van der Waals surface area contributed by atoms with Crippen LogP contribution in [0.25, 0.3) is 0 Å². The first-order valence-electron chi connectivity index (χ1n) is 7.53. The minimum Gasteiger partial charge on any atom is -0.465 e. The predicted molar refractivity (Wildman–Crippen MR) is 87.8 cm³/mol. The second kappa shape index (κ2) is 6.82. The van der Waals surface area contributed by atoms with Crippen LogP contribution in [-0.4, -0.2) is 28.8 Å². The third-order valence-electron chi connectivity index (χ3n) is 3.92. The van der Waals surface area contributed by atoms with Crippen LogP contribution in [0.5, 0.6) is 0 Å². The number of esters is 1. The molecular weight excluding hydrogens is 313 g/mol. The van der Waals surface area contributed by atoms with Gasteiger partial charge in [0, 0.05) is 23.5 Å². The molecule has 6 nitrogen and oxygen atoms in total. The van der Waals surface area contributed by atoms with E-state index in [0.717, 1.165) is 11.8 Å². The molecule has 0 spiro atoms. The Hall–Kier alpha value is -2.70. The SMILES string of the molecule is CCn1nc(C)c(C(=O)Nc2cc(C(=O)OC)cc(F)c2C)c1C. The molecule has 1 N–H and O–H groups in total. The maximum Gasteiger partial charge on any atom is 0.338 e. The van der Waals surface area contributed by atoms with Gasteiger partial charge in [0.25, 0.3) is 5.91 Å². The third kappa shape index (κ3) is 3.15. The first-order valence-corrected chi connectivity index (χ1v) is 7.53. The Labute approximate surface area is 139 Å². The molecule has 0 saturated carbocycles. The Bertz CT molecular complexity index is 812. The van der Waals surface area contributed by atoms with Crippen LogP contribution < -0.4 is 5.32 Å². The second-order valence-corrected chi connectivity index (χ2v) is 5.44. The number of aryl methyl sites for hydroxylation is 2. The van der Waals surface area contributed by atoms with Gasteiger partial charge in [0.15, 0.2) is 0 Å². The Morgan fingerprint density at radius 2 is 1.96 bits per heavy atom. The summed E-state index contributed by atoms with van der Waals surface area (Å²) in [6.45, 7) is 7.65. The van der Waals surface area contributed by atoms with Gasteiger partial charge in [-0.1, -0.05) is 0 Å². The number of hydrogen-bond acceptors (Lipinski definition) is 4. The zero-order valence-electron chi connectivity index (χ0n) is 14.4. The van der Waals surface area contributed by atoms with E-state index in [0.29, 0.717) is 17.8 Å². The number of amides is 1. The normalized spacial score (nSPS) is 10.6. The van der Waals surface area contributed by atoms with Crippen molar-refractivity contribution >= 4 is 17.6 Å². The summed E-state index contributed by atoms with van der Waals surface area (Å²) in [6, 6.07) is 2.49. The van der Waals surface area contributed by atoms with Crippen LogP contribution in [0.2, 0.25) is 0 Å². The van der Waals surface area contributed by atoms with Crippen molar-refractivity contribution in [2.75, 3.05) is 12.4 Å². The van der Waals surface area contributed by atoms with Crippen molar-refractivity contribution in [3.05, 3.63) is 46.0 Å². The molecule has 2 rings (SSSR count). The summed E-state index contributed by atoms with van der Waals surface area (Å²) in [4.78, 5) is 24.2. The van der Waals surface area contributed by atoms with Gasteiger partial charge in [0.2, 0.25) is 0 Å². The van der Waals surface area contributed by atoms with Crippen LogP contribution >= 0.6 is 0 Å². The molecule has 1 heterocycles. The molecule has 0 radical (unpaired) electrons. The fourth-order valence-electron chi connectivity index (χ4n) is 2.56. The number of ether oxygens (including phenoxy) is 1. The quantitative estimate of drug-likeness (QED) is 0.873. The van der Waals surface area contributed by atoms with E-state index in [1.165, 1.54) is 20.1 Å². The highest BCUT2D eigenvalue weighted by Crippen LogP contribution is 2.23. The van der Waals surface area contributed by atoms with Crippen LogP contribution in [0.4, 0.5) is 10.1 Å². The van der Waals surface area contributed by atoms with Gasteiger partial charge < -0.3 is 10.1 Å². The van der Waals surface area contributed by atoms with Crippen molar-refractivity contribution in [3.8, 4) is 0 Å². The molecule has 1 amide bonds. The highest BCUT2D eigenvalue weighted by atomic mass is 19.1. The number of rotatable bonds is 4. The van der Waals surface area contributed by atoms with Crippen molar-refractivity contribution in [2.45, 2.75) is 34.2 Å². The average Bonchev–Trinajstić information content (AvgIpc) is 2.84. The fraction of sp³-hybridized carbons (Fsp3) is 0.353. The van der Waals surface area contributed by atoms with Crippen LogP contribution in [0.3, 0.4) is 0 Å². The molecule has 0 bridgehead atoms. The number of carbonyl (C=O) groups excluding carboxylic acids is 2. The minimum absolute atomic E-state index is 0.0357. The molecular formula is C17H20FN3O3. The first-order chi connectivity index (χ1) is 11.3. The molecule has 1 aromatic carbocycles. The maximum atomic E-state index is 14.0. The lowest BCUT2D eigenvalue weighted by molar-refractivity contribution is 0.0600. The molecule has 0 atom stereocenters. The molecule has 1 aromatic heterocycles. The molecule has 24 heavy (non-hydrogen) atoms. The number of anilines is 1. The van der Waals surface area contributed by atoms with Gasteiger partial charge >= 0.3 is 5.97 Å². The Balaban J connectivity index is 2.41. The number of benzene rings is 1. The first kappa shape index (κ1) is 17.7. The summed E-state index contributed by atoms with van der Waals surface area (Å²) >= 11 is 0. The van der Waals surface area contributed by atoms with E-state index in [1.807, 2.05) is 6.92 Å². The van der Waals surface area contributed by atoms with Gasteiger partial charge in [-0.2, -0.15) is 5.10 Å². The third-order valence-corrected chi connectivity index (χ3v) is 3.92. The van der Waals surface area contributed by atoms with Crippen molar-refractivity contribution < 1.29 is 18.7 Å². The zero-order valence-corrected chi connectivity index (χ0v) is 14.4. The van der Waals surface area contributed by atoms with Crippen molar-refractivity contribution in [2.24, 2.45) is 0 Å². The predicted octanol–water partition coefficient (Wildman–Crippen LogP) is 3.01. The van der Waals surface area contributed by atoms with E-state index in [2.05, 4.69) is 15.2 Å². The van der Waals surface area contributed by atoms with Crippen molar-refractivity contribution in [1.82, 2.24) is 9.78 Å². The lowest BCUT2D eigenvalue weighted by atomic mass is 10.1. The largest absolute Gasteiger partial charge is 0.465 e. The van der Waals surface area contributed by atoms with Gasteiger partial charge in [-0.25, -0.2) is 9.18 Å². The smallest absolute Gasteiger partial charge is 0.338 e. The summed E-state index contributed by atoms with van der Waals surface area (Å²) in [6.07, 6.45) is 0. The Kier molecular flexibility index (Phi) is 5.02. The van der Waals surface area contributed by atoms with E-state index in [-0.39, 0.29) is 16.8 Å². The summed E-state index contributed by atoms with van der Waals surface area (Å²) in [7, 11) is 1.21. The molecule has 0 aliphatic heterocycles. The number of carbonyl (C=O) groups is 2. The number of halogens is 1. The fourth-order valence-corrected chi connectivity index (χ4v) is 2.56. The summed E-state index contributed by atoms with van der Waals surface area (Å²) < 4.78 is 20.4. The van der Waals surface area contributed by atoms with Crippen LogP contribution in [0, 0.1) is 26.6 Å². The van der Waals surface area contributed by atoms with E-state index < -0.39 is 17.7 Å². The van der Waals surface area contributed by atoms with Gasteiger partial charge in [0.05, 0.1) is 23.9 Å². The molecule has 128 valence electrons. The van der Waals surface area contributed by atoms with E-state index >= 15 is 0 Å². The van der Waals surface area contributed by atoms with Gasteiger partial charge in [-0.05, 0) is 39.8 Å². The maximum absolute atomic E-state index is 14.0. The van der Waals surface area contributed by atoms with E-state index in [9.17, 15) is 14.0 Å². The van der Waals surface area contributed by atoms with E-state index in [4.69, 9.17) is 0 Å². The van der Waals surface area contributed by atoms with Gasteiger partial charge in [0.1, 0.15) is 5.82 Å². The summed E-state index contributed by atoms with van der Waals surface area (Å²) in [5, 5.41) is 6.96. The molecule has 0 unspecified atom stereocenters. The van der Waals surface area contributed by atoms with Gasteiger partial charge in [-0.3, -0.25) is 9.48 Å².